The lowest BCUT2D eigenvalue weighted by Crippen LogP contribution is -2.32. The Hall–Kier alpha value is -1.02. The van der Waals surface area contributed by atoms with Gasteiger partial charge in [0.15, 0.2) is 0 Å². The number of piperidine rings is 1. The Morgan fingerprint density at radius 3 is 3.06 bits per heavy atom. The second-order valence-electron chi connectivity index (χ2n) is 4.90. The summed E-state index contributed by atoms with van der Waals surface area (Å²) in [5.41, 5.74) is 1.41. The standard InChI is InChI=1S/C15H23NO/c1-3-17-15-8-4-6-13(10-15)12(2)14-7-5-9-16-11-14/h4,6,8,10,12,14,16H,3,5,7,9,11H2,1-2H3. The van der Waals surface area contributed by atoms with E-state index in [1.165, 1.54) is 24.9 Å². The minimum absolute atomic E-state index is 0.614. The van der Waals surface area contributed by atoms with E-state index in [0.717, 1.165) is 24.8 Å². The molecule has 0 aromatic heterocycles. The number of benzene rings is 1. The molecule has 2 rings (SSSR count). The molecule has 1 fully saturated rings. The van der Waals surface area contributed by atoms with Gasteiger partial charge in [-0.1, -0.05) is 19.1 Å². The molecule has 1 saturated heterocycles. The molecule has 1 aromatic carbocycles. The van der Waals surface area contributed by atoms with Crippen LogP contribution < -0.4 is 10.1 Å². The van der Waals surface area contributed by atoms with Gasteiger partial charge in [0.25, 0.3) is 0 Å². The molecule has 0 amide bonds. The van der Waals surface area contributed by atoms with E-state index >= 15 is 0 Å². The van der Waals surface area contributed by atoms with Gasteiger partial charge in [-0.15, -0.1) is 0 Å². The zero-order chi connectivity index (χ0) is 12.1. The molecule has 17 heavy (non-hydrogen) atoms. The van der Waals surface area contributed by atoms with E-state index in [1.807, 2.05) is 13.0 Å². The molecule has 2 nitrogen and oxygen atoms in total. The van der Waals surface area contributed by atoms with Gasteiger partial charge in [0, 0.05) is 0 Å². The zero-order valence-corrected chi connectivity index (χ0v) is 10.9. The Morgan fingerprint density at radius 1 is 1.47 bits per heavy atom. The average molecular weight is 233 g/mol. The maximum absolute atomic E-state index is 5.57. The second-order valence-corrected chi connectivity index (χ2v) is 4.90. The van der Waals surface area contributed by atoms with Crippen LogP contribution in [0.1, 0.15) is 38.2 Å². The largest absolute Gasteiger partial charge is 0.494 e. The third kappa shape index (κ3) is 3.22. The number of hydrogen-bond donors (Lipinski definition) is 1. The van der Waals surface area contributed by atoms with E-state index in [0.29, 0.717) is 5.92 Å². The molecule has 1 N–H and O–H groups in total. The second kappa shape index (κ2) is 6.06. The van der Waals surface area contributed by atoms with Crippen molar-refractivity contribution in [3.63, 3.8) is 0 Å². The first-order valence-corrected chi connectivity index (χ1v) is 6.74. The molecule has 0 radical (unpaired) electrons. The van der Waals surface area contributed by atoms with Gasteiger partial charge in [0.2, 0.25) is 0 Å². The fourth-order valence-corrected chi connectivity index (χ4v) is 2.63. The summed E-state index contributed by atoms with van der Waals surface area (Å²) in [6, 6.07) is 8.57. The summed E-state index contributed by atoms with van der Waals surface area (Å²) in [6.07, 6.45) is 2.65. The molecule has 1 heterocycles. The molecule has 1 aromatic rings. The third-order valence-electron chi connectivity index (χ3n) is 3.74. The van der Waals surface area contributed by atoms with Crippen molar-refractivity contribution < 1.29 is 4.74 Å². The van der Waals surface area contributed by atoms with Crippen LogP contribution in [0.3, 0.4) is 0 Å². The lowest BCUT2D eigenvalue weighted by atomic mass is 9.83. The minimum atomic E-state index is 0.614. The summed E-state index contributed by atoms with van der Waals surface area (Å²) < 4.78 is 5.57. The van der Waals surface area contributed by atoms with Gasteiger partial charge in [-0.2, -0.15) is 0 Å². The van der Waals surface area contributed by atoms with Crippen LogP contribution >= 0.6 is 0 Å². The van der Waals surface area contributed by atoms with Crippen LogP contribution in [-0.4, -0.2) is 19.7 Å². The molecule has 0 saturated carbocycles. The predicted octanol–water partition coefficient (Wildman–Crippen LogP) is 3.19. The Morgan fingerprint density at radius 2 is 2.35 bits per heavy atom. The van der Waals surface area contributed by atoms with Crippen molar-refractivity contribution >= 4 is 0 Å². The fraction of sp³-hybridized carbons (Fsp3) is 0.600. The van der Waals surface area contributed by atoms with Crippen molar-refractivity contribution in [2.75, 3.05) is 19.7 Å². The summed E-state index contributed by atoms with van der Waals surface area (Å²) >= 11 is 0. The number of hydrogen-bond acceptors (Lipinski definition) is 2. The number of rotatable bonds is 4. The van der Waals surface area contributed by atoms with Gasteiger partial charge in [0.05, 0.1) is 6.61 Å². The highest BCUT2D eigenvalue weighted by atomic mass is 16.5. The Kier molecular flexibility index (Phi) is 4.43. The van der Waals surface area contributed by atoms with Crippen molar-refractivity contribution in [3.8, 4) is 5.75 Å². The Labute approximate surface area is 104 Å². The van der Waals surface area contributed by atoms with E-state index in [2.05, 4.69) is 30.4 Å². The van der Waals surface area contributed by atoms with Crippen LogP contribution in [0.2, 0.25) is 0 Å². The van der Waals surface area contributed by atoms with E-state index in [9.17, 15) is 0 Å². The number of nitrogens with one attached hydrogen (secondary N) is 1. The van der Waals surface area contributed by atoms with E-state index in [-0.39, 0.29) is 0 Å². The van der Waals surface area contributed by atoms with Crippen molar-refractivity contribution in [1.29, 1.82) is 0 Å². The zero-order valence-electron chi connectivity index (χ0n) is 10.9. The molecular weight excluding hydrogens is 210 g/mol. The van der Waals surface area contributed by atoms with Crippen molar-refractivity contribution in [2.45, 2.75) is 32.6 Å². The maximum atomic E-state index is 5.57. The molecule has 0 spiro atoms. The topological polar surface area (TPSA) is 21.3 Å². The number of ether oxygens (including phenoxy) is 1. The summed E-state index contributed by atoms with van der Waals surface area (Å²) in [5.74, 6) is 2.38. The van der Waals surface area contributed by atoms with Gasteiger partial charge in [-0.3, -0.25) is 0 Å². The Balaban J connectivity index is 2.06. The van der Waals surface area contributed by atoms with Gasteiger partial charge >= 0.3 is 0 Å². The lowest BCUT2D eigenvalue weighted by molar-refractivity contribution is 0.328. The molecule has 1 aliphatic rings. The molecule has 0 aliphatic carbocycles. The molecule has 2 unspecified atom stereocenters. The van der Waals surface area contributed by atoms with E-state index in [1.54, 1.807) is 0 Å². The van der Waals surface area contributed by atoms with Crippen molar-refractivity contribution in [1.82, 2.24) is 5.32 Å². The minimum Gasteiger partial charge on any atom is -0.494 e. The van der Waals surface area contributed by atoms with Gasteiger partial charge in [-0.05, 0) is 62.4 Å². The first-order chi connectivity index (χ1) is 8.31. The van der Waals surface area contributed by atoms with Crippen LogP contribution in [0.25, 0.3) is 0 Å². The first kappa shape index (κ1) is 12.4. The highest BCUT2D eigenvalue weighted by Crippen LogP contribution is 2.30. The average Bonchev–Trinajstić information content (AvgIpc) is 2.40. The summed E-state index contributed by atoms with van der Waals surface area (Å²) in [4.78, 5) is 0. The van der Waals surface area contributed by atoms with Crippen molar-refractivity contribution in [2.24, 2.45) is 5.92 Å². The smallest absolute Gasteiger partial charge is 0.119 e. The van der Waals surface area contributed by atoms with Crippen LogP contribution in [0.4, 0.5) is 0 Å². The van der Waals surface area contributed by atoms with E-state index < -0.39 is 0 Å². The first-order valence-electron chi connectivity index (χ1n) is 6.74. The molecule has 2 atom stereocenters. The maximum Gasteiger partial charge on any atom is 0.119 e. The van der Waals surface area contributed by atoms with Crippen molar-refractivity contribution in [3.05, 3.63) is 29.8 Å². The molecule has 2 heteroatoms. The lowest BCUT2D eigenvalue weighted by Gasteiger charge is -2.28. The quantitative estimate of drug-likeness (QED) is 0.862. The monoisotopic (exact) mass is 233 g/mol. The normalized spacial score (nSPS) is 22.1. The summed E-state index contributed by atoms with van der Waals surface area (Å²) in [5, 5.41) is 3.49. The van der Waals surface area contributed by atoms with Crippen LogP contribution in [-0.2, 0) is 0 Å². The summed E-state index contributed by atoms with van der Waals surface area (Å²) in [6.45, 7) is 7.44. The van der Waals surface area contributed by atoms with Gasteiger partial charge < -0.3 is 10.1 Å². The van der Waals surface area contributed by atoms with Crippen LogP contribution in [0, 0.1) is 5.92 Å². The van der Waals surface area contributed by atoms with Crippen LogP contribution in [0.5, 0.6) is 5.75 Å². The molecule has 94 valence electrons. The molecule has 0 bridgehead atoms. The van der Waals surface area contributed by atoms with E-state index in [4.69, 9.17) is 4.74 Å². The molecule has 1 aliphatic heterocycles. The predicted molar refractivity (Wildman–Crippen MR) is 71.6 cm³/mol. The Bertz CT molecular complexity index is 345. The van der Waals surface area contributed by atoms with Crippen LogP contribution in [0.15, 0.2) is 24.3 Å². The van der Waals surface area contributed by atoms with Gasteiger partial charge in [-0.25, -0.2) is 0 Å². The highest BCUT2D eigenvalue weighted by molar-refractivity contribution is 5.31. The fourth-order valence-electron chi connectivity index (χ4n) is 2.63. The SMILES string of the molecule is CCOc1cccc(C(C)C2CCCNC2)c1. The highest BCUT2D eigenvalue weighted by Gasteiger charge is 2.21. The third-order valence-corrected chi connectivity index (χ3v) is 3.74. The summed E-state index contributed by atoms with van der Waals surface area (Å²) in [7, 11) is 0. The molecular formula is C15H23NO. The van der Waals surface area contributed by atoms with Gasteiger partial charge in [0.1, 0.15) is 5.75 Å².